The van der Waals surface area contributed by atoms with Gasteiger partial charge in [-0.05, 0) is 24.9 Å². The molecule has 0 fully saturated rings. The van der Waals surface area contributed by atoms with Crippen LogP contribution in [0, 0.1) is 0 Å². The van der Waals surface area contributed by atoms with E-state index in [0.29, 0.717) is 5.69 Å². The summed E-state index contributed by atoms with van der Waals surface area (Å²) in [6.07, 6.45) is 0. The predicted molar refractivity (Wildman–Crippen MR) is 47.0 cm³/mol. The Morgan fingerprint density at radius 1 is 1.58 bits per heavy atom. The third-order valence-electron chi connectivity index (χ3n) is 1.45. The summed E-state index contributed by atoms with van der Waals surface area (Å²) in [5.41, 5.74) is 6.19. The molecule has 4 nitrogen and oxygen atoms in total. The molecular formula is C8H8N2O2. The maximum atomic E-state index is 10.5. The van der Waals surface area contributed by atoms with Gasteiger partial charge in [0.2, 0.25) is 0 Å². The van der Waals surface area contributed by atoms with Crippen LogP contribution in [-0.2, 0) is 0 Å². The number of anilines is 1. The highest BCUT2D eigenvalue weighted by molar-refractivity contribution is 5.94. The molecule has 0 amide bonds. The van der Waals surface area contributed by atoms with Gasteiger partial charge in [0.1, 0.15) is 0 Å². The molecular weight excluding hydrogens is 156 g/mol. The number of nitrogens with zero attached hydrogens (tertiary/aromatic N) is 1. The van der Waals surface area contributed by atoms with Crippen LogP contribution in [0.15, 0.2) is 23.2 Å². The lowest BCUT2D eigenvalue weighted by Gasteiger charge is -2.00. The number of hydrogen-bond donors (Lipinski definition) is 2. The lowest BCUT2D eigenvalue weighted by molar-refractivity contribution is 0.0698. The second-order valence-electron chi connectivity index (χ2n) is 2.23. The van der Waals surface area contributed by atoms with Crippen LogP contribution >= 0.6 is 0 Å². The summed E-state index contributed by atoms with van der Waals surface area (Å²) in [7, 11) is 0. The van der Waals surface area contributed by atoms with Crippen LogP contribution in [0.25, 0.3) is 0 Å². The molecule has 0 unspecified atom stereocenters. The minimum absolute atomic E-state index is 0.0555. The van der Waals surface area contributed by atoms with E-state index in [4.69, 9.17) is 10.8 Å². The van der Waals surface area contributed by atoms with Gasteiger partial charge in [0.15, 0.2) is 0 Å². The molecule has 0 aliphatic carbocycles. The van der Waals surface area contributed by atoms with Crippen molar-refractivity contribution in [2.75, 3.05) is 5.73 Å². The number of nitrogens with two attached hydrogens (primary N) is 1. The van der Waals surface area contributed by atoms with E-state index in [0.717, 1.165) is 0 Å². The van der Waals surface area contributed by atoms with E-state index in [1.807, 2.05) is 0 Å². The van der Waals surface area contributed by atoms with Crippen LogP contribution in [0.5, 0.6) is 0 Å². The van der Waals surface area contributed by atoms with Crippen molar-refractivity contribution in [3.05, 3.63) is 23.8 Å². The highest BCUT2D eigenvalue weighted by Gasteiger charge is 2.07. The third-order valence-corrected chi connectivity index (χ3v) is 1.45. The Bertz CT molecular complexity index is 334. The monoisotopic (exact) mass is 164 g/mol. The molecule has 0 spiro atoms. The maximum Gasteiger partial charge on any atom is 0.337 e. The normalized spacial score (nSPS) is 9.33. The van der Waals surface area contributed by atoms with Gasteiger partial charge in [-0.1, -0.05) is 0 Å². The Morgan fingerprint density at radius 3 is 2.75 bits per heavy atom. The molecule has 1 aromatic carbocycles. The van der Waals surface area contributed by atoms with Crippen molar-refractivity contribution in [1.82, 2.24) is 0 Å². The fourth-order valence-corrected chi connectivity index (χ4v) is 0.828. The average molecular weight is 164 g/mol. The summed E-state index contributed by atoms with van der Waals surface area (Å²) in [5, 5.41) is 8.64. The Kier molecular flexibility index (Phi) is 2.09. The molecule has 1 aromatic rings. The number of aromatic carboxylic acids is 1. The number of aliphatic imine (C=N–C) groups is 1. The van der Waals surface area contributed by atoms with Gasteiger partial charge >= 0.3 is 5.97 Å². The van der Waals surface area contributed by atoms with Crippen molar-refractivity contribution in [2.24, 2.45) is 4.99 Å². The summed E-state index contributed by atoms with van der Waals surface area (Å²) < 4.78 is 0. The highest BCUT2D eigenvalue weighted by atomic mass is 16.4. The molecule has 0 bridgehead atoms. The summed E-state index contributed by atoms with van der Waals surface area (Å²) in [4.78, 5) is 14.1. The van der Waals surface area contributed by atoms with Crippen LogP contribution in [0.2, 0.25) is 0 Å². The summed E-state index contributed by atoms with van der Waals surface area (Å²) in [6, 6.07) is 4.48. The Hall–Kier alpha value is -1.84. The van der Waals surface area contributed by atoms with Crippen LogP contribution < -0.4 is 5.73 Å². The van der Waals surface area contributed by atoms with Gasteiger partial charge in [-0.25, -0.2) is 4.79 Å². The minimum atomic E-state index is -1.06. The van der Waals surface area contributed by atoms with Gasteiger partial charge in [-0.3, -0.25) is 4.99 Å². The van der Waals surface area contributed by atoms with Crippen LogP contribution in [-0.4, -0.2) is 17.8 Å². The zero-order valence-electron chi connectivity index (χ0n) is 6.32. The van der Waals surface area contributed by atoms with Gasteiger partial charge in [-0.15, -0.1) is 0 Å². The Balaban J connectivity index is 3.25. The molecule has 0 aliphatic rings. The van der Waals surface area contributed by atoms with Crippen molar-refractivity contribution in [3.8, 4) is 0 Å². The largest absolute Gasteiger partial charge is 0.478 e. The van der Waals surface area contributed by atoms with Gasteiger partial charge in [0.05, 0.1) is 11.3 Å². The molecule has 3 N–H and O–H groups in total. The lowest BCUT2D eigenvalue weighted by atomic mass is 10.1. The van der Waals surface area contributed by atoms with Crippen molar-refractivity contribution < 1.29 is 9.90 Å². The first-order valence-electron chi connectivity index (χ1n) is 3.24. The fraction of sp³-hybridized carbons (Fsp3) is 0. The maximum absolute atomic E-state index is 10.5. The smallest absolute Gasteiger partial charge is 0.337 e. The lowest BCUT2D eigenvalue weighted by Crippen LogP contribution is -2.01. The molecule has 0 aliphatic heterocycles. The number of carboxylic acid groups (broad SMARTS) is 1. The van der Waals surface area contributed by atoms with Gasteiger partial charge in [-0.2, -0.15) is 0 Å². The number of hydrogen-bond acceptors (Lipinski definition) is 3. The molecule has 4 heteroatoms. The summed E-state index contributed by atoms with van der Waals surface area (Å²) in [6.45, 7) is 3.28. The topological polar surface area (TPSA) is 75.7 Å². The first-order chi connectivity index (χ1) is 5.65. The first kappa shape index (κ1) is 8.26. The van der Waals surface area contributed by atoms with Crippen LogP contribution in [0.3, 0.4) is 0 Å². The quantitative estimate of drug-likeness (QED) is 0.511. The molecule has 0 radical (unpaired) electrons. The van der Waals surface area contributed by atoms with E-state index >= 15 is 0 Å². The van der Waals surface area contributed by atoms with Gasteiger partial charge in [0.25, 0.3) is 0 Å². The molecule has 0 saturated heterocycles. The van der Waals surface area contributed by atoms with Crippen LogP contribution in [0.4, 0.5) is 11.4 Å². The molecule has 0 saturated carbocycles. The number of carboxylic acids is 1. The molecule has 62 valence electrons. The van der Waals surface area contributed by atoms with Crippen molar-refractivity contribution >= 4 is 24.1 Å². The van der Waals surface area contributed by atoms with Crippen molar-refractivity contribution in [3.63, 3.8) is 0 Å². The van der Waals surface area contributed by atoms with E-state index in [2.05, 4.69) is 11.7 Å². The third kappa shape index (κ3) is 1.42. The van der Waals surface area contributed by atoms with E-state index in [9.17, 15) is 4.79 Å². The SMILES string of the molecule is C=Nc1ccc(N)c(C(=O)O)c1. The van der Waals surface area contributed by atoms with E-state index in [1.54, 1.807) is 6.07 Å². The van der Waals surface area contributed by atoms with E-state index < -0.39 is 5.97 Å². The van der Waals surface area contributed by atoms with E-state index in [1.165, 1.54) is 12.1 Å². The number of benzene rings is 1. The van der Waals surface area contributed by atoms with Crippen LogP contribution in [0.1, 0.15) is 10.4 Å². The number of carbonyl (C=O) groups is 1. The highest BCUT2D eigenvalue weighted by Crippen LogP contribution is 2.19. The second kappa shape index (κ2) is 3.04. The molecule has 0 aromatic heterocycles. The van der Waals surface area contributed by atoms with Gasteiger partial charge < -0.3 is 10.8 Å². The summed E-state index contributed by atoms with van der Waals surface area (Å²) in [5.74, 6) is -1.06. The number of rotatable bonds is 2. The fourth-order valence-electron chi connectivity index (χ4n) is 0.828. The molecule has 0 heterocycles. The Morgan fingerprint density at radius 2 is 2.25 bits per heavy atom. The van der Waals surface area contributed by atoms with E-state index in [-0.39, 0.29) is 11.3 Å². The van der Waals surface area contributed by atoms with Crippen molar-refractivity contribution in [1.29, 1.82) is 0 Å². The molecule has 0 atom stereocenters. The zero-order chi connectivity index (χ0) is 9.14. The van der Waals surface area contributed by atoms with Crippen molar-refractivity contribution in [2.45, 2.75) is 0 Å². The van der Waals surface area contributed by atoms with Gasteiger partial charge in [0, 0.05) is 5.69 Å². The molecule has 12 heavy (non-hydrogen) atoms. The minimum Gasteiger partial charge on any atom is -0.478 e. The summed E-state index contributed by atoms with van der Waals surface area (Å²) >= 11 is 0. The number of nitrogen functional groups attached to an aromatic ring is 1. The first-order valence-corrected chi connectivity index (χ1v) is 3.24. The zero-order valence-corrected chi connectivity index (χ0v) is 6.32. The standard InChI is InChI=1S/C8H8N2O2/c1-10-5-2-3-7(9)6(4-5)8(11)12/h2-4H,1,9H2,(H,11,12). The predicted octanol–water partition coefficient (Wildman–Crippen LogP) is 1.30. The Labute approximate surface area is 69.4 Å². The molecule has 1 rings (SSSR count). The second-order valence-corrected chi connectivity index (χ2v) is 2.23. The average Bonchev–Trinajstić information content (AvgIpc) is 2.05.